The van der Waals surface area contributed by atoms with Crippen LogP contribution in [-0.4, -0.2) is 4.70 Å². The Labute approximate surface area is 695 Å². The van der Waals surface area contributed by atoms with Crippen molar-refractivity contribution < 1.29 is 21.2 Å². The van der Waals surface area contributed by atoms with E-state index in [-0.39, 0.29) is 16.5 Å². The average molecular weight is 1550 g/mol. The molecular weight excluding hydrogens is 1360 g/mol. The maximum absolute atomic E-state index is 12.5. The van der Waals surface area contributed by atoms with Crippen LogP contribution in [0.15, 0.2) is 48.0 Å². The summed E-state index contributed by atoms with van der Waals surface area (Å²) < 4.78 is 1.62. The Hall–Kier alpha value is -2.87. The molecular formula is C106H186N2Ni. The molecule has 0 spiro atoms. The molecule has 0 N–H and O–H groups in total. The second-order valence-corrected chi connectivity index (χ2v) is 34.4. The first-order valence-corrected chi connectivity index (χ1v) is 49.4. The summed E-state index contributed by atoms with van der Waals surface area (Å²) in [5.74, 6) is 4.91. The van der Waals surface area contributed by atoms with E-state index in [9.17, 15) is 5.53 Å². The van der Waals surface area contributed by atoms with E-state index in [1.165, 1.54) is 488 Å². The Balaban J connectivity index is 0.00000290. The standard InChI is InChI=1S/C74H128N2.2C16H29.Ni/c1-6-11-16-20-22-24-26-28-30-32-34-36-38-40-42-44-46-48-52-56-67-59-66(54-50-18-13-8-3)61-71(62-67)73-65-70(58-15-10-5)74(76(73)75)72-63-68(55-51-19-14-9-4)60-69(64-72)57-53-49-47-45-43-41-39-37-35-33-31-29-27-25-23-21-17-12-7-2;2*1-3-5-7-9-11-13-15-16-14-12-10-8-6-4-2;/h59-65H,6-58H2,1-5H3;2*3,5-16H2,1H3;/q;2*-1;+2. The van der Waals surface area contributed by atoms with Gasteiger partial charge >= 0.3 is 16.5 Å². The minimum atomic E-state index is 0. The van der Waals surface area contributed by atoms with Gasteiger partial charge < -0.3 is 30.2 Å². The summed E-state index contributed by atoms with van der Waals surface area (Å²) in [7, 11) is 0. The number of hydrogen-bond acceptors (Lipinski definition) is 0. The van der Waals surface area contributed by atoms with Gasteiger partial charge in [0.1, 0.15) is 0 Å². The van der Waals surface area contributed by atoms with Crippen molar-refractivity contribution in [2.45, 2.75) is 556 Å². The number of rotatable bonds is 79. The molecule has 0 fully saturated rings. The molecule has 1 aliphatic heterocycles. The number of hydrogen-bond donors (Lipinski definition) is 0. The van der Waals surface area contributed by atoms with Crippen LogP contribution in [0.1, 0.15) is 563 Å². The molecule has 2 aromatic carbocycles. The molecule has 630 valence electrons. The topological polar surface area (TPSA) is 25.3 Å². The van der Waals surface area contributed by atoms with Gasteiger partial charge in [-0.15, -0.1) is 0 Å². The average Bonchev–Trinajstić information content (AvgIpc) is 1.64. The molecule has 109 heavy (non-hydrogen) atoms. The van der Waals surface area contributed by atoms with Crippen LogP contribution in [0.4, 0.5) is 0 Å². The van der Waals surface area contributed by atoms with Crippen LogP contribution in [0.5, 0.6) is 0 Å². The number of allylic oxidation sites excluding steroid dienone is 2. The number of unbranched alkanes of at least 4 members (excludes halogenated alkanes) is 67. The zero-order valence-corrected chi connectivity index (χ0v) is 75.6. The molecule has 0 aromatic heterocycles. The molecule has 3 rings (SSSR count). The van der Waals surface area contributed by atoms with E-state index in [0.29, 0.717) is 0 Å². The van der Waals surface area contributed by atoms with Crippen molar-refractivity contribution in [2.24, 2.45) is 0 Å². The summed E-state index contributed by atoms with van der Waals surface area (Å²) in [6, 6.07) is 14.8. The van der Waals surface area contributed by atoms with E-state index in [1.807, 2.05) is 0 Å². The first kappa shape index (κ1) is 106. The first-order chi connectivity index (χ1) is 53.4. The van der Waals surface area contributed by atoms with Gasteiger partial charge in [0.2, 0.25) is 11.4 Å². The van der Waals surface area contributed by atoms with E-state index < -0.39 is 0 Å². The van der Waals surface area contributed by atoms with Crippen LogP contribution in [0.2, 0.25) is 0 Å². The van der Waals surface area contributed by atoms with E-state index >= 15 is 0 Å². The van der Waals surface area contributed by atoms with E-state index in [2.05, 4.69) is 103 Å². The summed E-state index contributed by atoms with van der Waals surface area (Å²) in [6.07, 6.45) is 123. The summed E-state index contributed by atoms with van der Waals surface area (Å²) in [5.41, 5.74) is 24.1. The van der Waals surface area contributed by atoms with E-state index in [4.69, 9.17) is 12.8 Å². The molecule has 0 radical (unpaired) electrons. The smallest absolute Gasteiger partial charge is 0.694 e. The van der Waals surface area contributed by atoms with Crippen molar-refractivity contribution in [2.75, 3.05) is 0 Å². The number of nitrogens with zero attached hydrogens (tertiary/aromatic N) is 2. The van der Waals surface area contributed by atoms with Crippen molar-refractivity contribution in [3.8, 4) is 11.8 Å². The largest absolute Gasteiger partial charge is 2.00 e. The van der Waals surface area contributed by atoms with Gasteiger partial charge in [0.25, 0.3) is 0 Å². The Kier molecular flexibility index (Phi) is 83.7. The molecule has 0 saturated heterocycles. The summed E-state index contributed by atoms with van der Waals surface area (Å²) in [4.78, 5) is 0. The first-order valence-electron chi connectivity index (χ1n) is 49.4. The predicted molar refractivity (Wildman–Crippen MR) is 486 cm³/mol. The molecule has 0 amide bonds. The second kappa shape index (κ2) is 86.0. The number of aryl methyl sites for hydroxylation is 4. The Morgan fingerprint density at radius 1 is 0.229 bits per heavy atom. The molecule has 0 aliphatic carbocycles. The maximum Gasteiger partial charge on any atom is 2.00 e. The van der Waals surface area contributed by atoms with Gasteiger partial charge in [0.15, 0.2) is 0 Å². The quantitative estimate of drug-likeness (QED) is 0.0207. The van der Waals surface area contributed by atoms with Crippen LogP contribution in [-0.2, 0) is 42.2 Å². The van der Waals surface area contributed by atoms with Gasteiger partial charge in [0.05, 0.1) is 0 Å². The monoisotopic (exact) mass is 1550 g/mol. The Morgan fingerprint density at radius 2 is 0.413 bits per heavy atom. The summed E-state index contributed by atoms with van der Waals surface area (Å²) in [5, 5.41) is 0. The van der Waals surface area contributed by atoms with Crippen molar-refractivity contribution >= 4 is 11.4 Å². The Morgan fingerprint density at radius 3 is 0.624 bits per heavy atom. The van der Waals surface area contributed by atoms with Crippen LogP contribution in [0, 0.1) is 24.7 Å². The molecule has 0 atom stereocenters. The van der Waals surface area contributed by atoms with Gasteiger partial charge in [-0.3, -0.25) is 0 Å². The molecule has 1 aliphatic rings. The predicted octanol–water partition coefficient (Wildman–Crippen LogP) is 37.2. The van der Waals surface area contributed by atoms with Gasteiger partial charge in [0, 0.05) is 22.8 Å². The molecule has 0 saturated carbocycles. The fourth-order valence-electron chi connectivity index (χ4n) is 16.4. The number of benzene rings is 2. The van der Waals surface area contributed by atoms with E-state index in [0.717, 1.165) is 69.2 Å². The third-order valence-electron chi connectivity index (χ3n) is 23.6. The van der Waals surface area contributed by atoms with Crippen LogP contribution < -0.4 is 0 Å². The van der Waals surface area contributed by atoms with Gasteiger partial charge in [-0.2, -0.15) is 0 Å². The fourth-order valence-corrected chi connectivity index (χ4v) is 16.4. The normalized spacial score (nSPS) is 11.9. The molecule has 3 heteroatoms. The van der Waals surface area contributed by atoms with Crippen molar-refractivity contribution in [3.05, 3.63) is 99.8 Å². The molecule has 0 unspecified atom stereocenters. The van der Waals surface area contributed by atoms with Crippen LogP contribution in [0.3, 0.4) is 0 Å². The molecule has 1 heterocycles. The van der Waals surface area contributed by atoms with Gasteiger partial charge in [-0.05, 0) is 136 Å². The maximum atomic E-state index is 12.5. The van der Waals surface area contributed by atoms with Crippen LogP contribution >= 0.6 is 0 Å². The van der Waals surface area contributed by atoms with Crippen LogP contribution in [0.25, 0.3) is 16.9 Å². The Bertz CT molecular complexity index is 2350. The van der Waals surface area contributed by atoms with Crippen molar-refractivity contribution in [1.29, 1.82) is 0 Å². The van der Waals surface area contributed by atoms with Crippen molar-refractivity contribution in [3.63, 3.8) is 0 Å². The molecule has 0 bridgehead atoms. The zero-order valence-electron chi connectivity index (χ0n) is 74.6. The summed E-state index contributed by atoms with van der Waals surface area (Å²) >= 11 is 0. The second-order valence-electron chi connectivity index (χ2n) is 34.4. The third-order valence-corrected chi connectivity index (χ3v) is 23.6. The SMILES string of the molecule is CCCCCCCCCCCCCCCCCCCCCc1cc(CCCCCC)cc(C2=CC(CCCC)=C(c3cc(CCCCCC)cc(CCCCCCCCCCCCCCCCCCCCC)c3)[N+]2=[N-])c1.[C-]#CCCCCCCCCCCCCCC.[C-]#CCCCCCCCCCCCCCC.[Ni+2]. The molecule has 2 nitrogen and oxygen atoms in total. The minimum Gasteiger partial charge on any atom is -0.694 e. The van der Waals surface area contributed by atoms with E-state index in [1.54, 1.807) is 4.70 Å². The van der Waals surface area contributed by atoms with Crippen molar-refractivity contribution in [1.82, 2.24) is 0 Å². The van der Waals surface area contributed by atoms with Gasteiger partial charge in [-0.1, -0.05) is 478 Å². The van der Waals surface area contributed by atoms with Gasteiger partial charge in [-0.25, -0.2) is 4.70 Å². The third kappa shape index (κ3) is 67.1. The summed E-state index contributed by atoms with van der Waals surface area (Å²) in [6.45, 7) is 16.1. The fraction of sp³-hybridized carbons (Fsp3) is 0.811. The minimum absolute atomic E-state index is 0. The zero-order chi connectivity index (χ0) is 78.0. The molecule has 2 aromatic rings.